The van der Waals surface area contributed by atoms with Crippen LogP contribution in [0.1, 0.15) is 12.8 Å². The molecule has 1 aliphatic rings. The molecule has 23 heavy (non-hydrogen) atoms. The molecule has 1 saturated carbocycles. The highest BCUT2D eigenvalue weighted by Crippen LogP contribution is 2.28. The number of aromatic nitrogens is 4. The van der Waals surface area contributed by atoms with Crippen molar-refractivity contribution in [2.24, 2.45) is 0 Å². The fraction of sp³-hybridized carbons (Fsp3) is 0.167. The highest BCUT2D eigenvalue weighted by molar-refractivity contribution is 5.91. The molecule has 5 heteroatoms. The molecule has 112 valence electrons. The molecule has 0 atom stereocenters. The van der Waals surface area contributed by atoms with Gasteiger partial charge in [0.25, 0.3) is 0 Å². The van der Waals surface area contributed by atoms with Crippen LogP contribution in [0.25, 0.3) is 27.9 Å². The number of benzene rings is 2. The summed E-state index contributed by atoms with van der Waals surface area (Å²) in [6.45, 7) is 0. The van der Waals surface area contributed by atoms with Crippen LogP contribution in [-0.2, 0) is 0 Å². The van der Waals surface area contributed by atoms with Crippen LogP contribution < -0.4 is 4.74 Å². The lowest BCUT2D eigenvalue weighted by Crippen LogP contribution is -1.95. The van der Waals surface area contributed by atoms with Gasteiger partial charge in [0.15, 0.2) is 11.5 Å². The van der Waals surface area contributed by atoms with E-state index in [1.165, 1.54) is 0 Å². The van der Waals surface area contributed by atoms with Crippen LogP contribution in [0.3, 0.4) is 0 Å². The van der Waals surface area contributed by atoms with Gasteiger partial charge in [0.1, 0.15) is 12.1 Å². The van der Waals surface area contributed by atoms with Crippen LogP contribution in [0.2, 0.25) is 0 Å². The maximum absolute atomic E-state index is 5.78. The second kappa shape index (κ2) is 4.78. The van der Waals surface area contributed by atoms with E-state index in [4.69, 9.17) is 4.74 Å². The standard InChI is InChI=1S/C18H14N4O/c1-2-4-16-15(3-1)18-20-17(21-22(18)11-19-16)12-5-7-13(8-6-12)23-14-9-10-14/h1-8,11,14H,9-10H2. The Hall–Kier alpha value is -2.95. The Morgan fingerprint density at radius 1 is 1.00 bits per heavy atom. The summed E-state index contributed by atoms with van der Waals surface area (Å²) in [5, 5.41) is 5.54. The van der Waals surface area contributed by atoms with Crippen LogP contribution in [0.15, 0.2) is 54.9 Å². The van der Waals surface area contributed by atoms with E-state index in [0.717, 1.165) is 40.7 Å². The van der Waals surface area contributed by atoms with E-state index in [9.17, 15) is 0 Å². The average Bonchev–Trinajstić information content (AvgIpc) is 3.30. The fourth-order valence-electron chi connectivity index (χ4n) is 2.66. The summed E-state index contributed by atoms with van der Waals surface area (Å²) in [6, 6.07) is 15.9. The predicted octanol–water partition coefficient (Wildman–Crippen LogP) is 3.49. The molecule has 0 saturated heterocycles. The van der Waals surface area contributed by atoms with E-state index in [-0.39, 0.29) is 0 Å². The average molecular weight is 302 g/mol. The van der Waals surface area contributed by atoms with Gasteiger partial charge in [-0.1, -0.05) is 12.1 Å². The Bertz CT molecular complexity index is 1000. The van der Waals surface area contributed by atoms with Crippen molar-refractivity contribution in [3.63, 3.8) is 0 Å². The lowest BCUT2D eigenvalue weighted by molar-refractivity contribution is 0.303. The molecule has 1 fully saturated rings. The van der Waals surface area contributed by atoms with Gasteiger partial charge in [0, 0.05) is 10.9 Å². The summed E-state index contributed by atoms with van der Waals surface area (Å²) >= 11 is 0. The van der Waals surface area contributed by atoms with Gasteiger partial charge in [-0.25, -0.2) is 14.5 Å². The number of para-hydroxylation sites is 1. The van der Waals surface area contributed by atoms with Gasteiger partial charge in [-0.2, -0.15) is 0 Å². The molecule has 2 aromatic heterocycles. The molecule has 0 N–H and O–H groups in total. The van der Waals surface area contributed by atoms with E-state index >= 15 is 0 Å². The molecule has 2 aromatic carbocycles. The Labute approximate surface area is 132 Å². The lowest BCUT2D eigenvalue weighted by Gasteiger charge is -2.03. The Morgan fingerprint density at radius 2 is 1.83 bits per heavy atom. The van der Waals surface area contributed by atoms with Crippen molar-refractivity contribution in [2.75, 3.05) is 0 Å². The monoisotopic (exact) mass is 302 g/mol. The third-order valence-corrected chi connectivity index (χ3v) is 4.02. The lowest BCUT2D eigenvalue weighted by atomic mass is 10.2. The number of ether oxygens (including phenoxy) is 1. The molecule has 1 aliphatic carbocycles. The first-order valence-electron chi connectivity index (χ1n) is 7.74. The maximum Gasteiger partial charge on any atom is 0.182 e. The zero-order valence-corrected chi connectivity index (χ0v) is 12.4. The van der Waals surface area contributed by atoms with Crippen LogP contribution in [0, 0.1) is 0 Å². The molecule has 0 radical (unpaired) electrons. The molecular weight excluding hydrogens is 288 g/mol. The zero-order valence-electron chi connectivity index (χ0n) is 12.4. The van der Waals surface area contributed by atoms with Gasteiger partial charge < -0.3 is 4.74 Å². The number of hydrogen-bond acceptors (Lipinski definition) is 4. The SMILES string of the molecule is c1ccc2c(c1)ncn1nc(-c3ccc(OC4CC4)cc3)nc21. The first-order chi connectivity index (χ1) is 11.4. The van der Waals surface area contributed by atoms with Crippen LogP contribution >= 0.6 is 0 Å². The summed E-state index contributed by atoms with van der Waals surface area (Å²) in [6.07, 6.45) is 4.44. The van der Waals surface area contributed by atoms with Crippen molar-refractivity contribution in [3.05, 3.63) is 54.9 Å². The molecule has 4 aromatic rings. The van der Waals surface area contributed by atoms with Crippen molar-refractivity contribution < 1.29 is 4.74 Å². The summed E-state index contributed by atoms with van der Waals surface area (Å²) in [5.74, 6) is 1.60. The van der Waals surface area contributed by atoms with Gasteiger partial charge in [0.2, 0.25) is 0 Å². The summed E-state index contributed by atoms with van der Waals surface area (Å²) in [7, 11) is 0. The number of rotatable bonds is 3. The minimum atomic E-state index is 0.409. The maximum atomic E-state index is 5.78. The normalized spacial score (nSPS) is 14.4. The molecule has 5 nitrogen and oxygen atoms in total. The molecule has 2 heterocycles. The van der Waals surface area contributed by atoms with E-state index < -0.39 is 0 Å². The van der Waals surface area contributed by atoms with Crippen molar-refractivity contribution in [1.82, 2.24) is 19.6 Å². The van der Waals surface area contributed by atoms with Gasteiger partial charge in [-0.05, 0) is 49.2 Å². The highest BCUT2D eigenvalue weighted by atomic mass is 16.5. The van der Waals surface area contributed by atoms with Crippen LogP contribution in [-0.4, -0.2) is 25.7 Å². The third kappa shape index (κ3) is 2.21. The van der Waals surface area contributed by atoms with E-state index in [2.05, 4.69) is 15.1 Å². The Kier molecular flexibility index (Phi) is 2.61. The number of nitrogens with zero attached hydrogens (tertiary/aromatic N) is 4. The smallest absolute Gasteiger partial charge is 0.182 e. The minimum Gasteiger partial charge on any atom is -0.490 e. The van der Waals surface area contributed by atoms with E-state index in [1.54, 1.807) is 10.8 Å². The number of hydrogen-bond donors (Lipinski definition) is 0. The molecule has 0 amide bonds. The molecule has 0 bridgehead atoms. The Balaban J connectivity index is 1.58. The summed E-state index contributed by atoms with van der Waals surface area (Å²) < 4.78 is 7.51. The van der Waals surface area contributed by atoms with Gasteiger partial charge in [-0.3, -0.25) is 0 Å². The van der Waals surface area contributed by atoms with Crippen LogP contribution in [0.5, 0.6) is 5.75 Å². The van der Waals surface area contributed by atoms with Crippen molar-refractivity contribution in [2.45, 2.75) is 18.9 Å². The summed E-state index contributed by atoms with van der Waals surface area (Å²) in [4.78, 5) is 9.10. The highest BCUT2D eigenvalue weighted by Gasteiger charge is 2.23. The first kappa shape index (κ1) is 12.6. The first-order valence-corrected chi connectivity index (χ1v) is 7.74. The molecule has 5 rings (SSSR count). The zero-order chi connectivity index (χ0) is 15.2. The molecule has 0 spiro atoms. The predicted molar refractivity (Wildman–Crippen MR) is 87.4 cm³/mol. The van der Waals surface area contributed by atoms with E-state index in [1.807, 2.05) is 48.5 Å². The topological polar surface area (TPSA) is 52.3 Å². The van der Waals surface area contributed by atoms with Crippen molar-refractivity contribution in [1.29, 1.82) is 0 Å². The van der Waals surface area contributed by atoms with Gasteiger partial charge in [0.05, 0.1) is 11.6 Å². The second-order valence-corrected chi connectivity index (χ2v) is 5.81. The fourth-order valence-corrected chi connectivity index (χ4v) is 2.66. The largest absolute Gasteiger partial charge is 0.490 e. The van der Waals surface area contributed by atoms with Gasteiger partial charge in [-0.15, -0.1) is 5.10 Å². The van der Waals surface area contributed by atoms with Crippen molar-refractivity contribution in [3.8, 4) is 17.1 Å². The van der Waals surface area contributed by atoms with E-state index in [0.29, 0.717) is 11.9 Å². The van der Waals surface area contributed by atoms with Crippen LogP contribution in [0.4, 0.5) is 0 Å². The molecular formula is C18H14N4O. The Morgan fingerprint density at radius 3 is 2.65 bits per heavy atom. The number of fused-ring (bicyclic) bond motifs is 3. The molecule has 0 aliphatic heterocycles. The minimum absolute atomic E-state index is 0.409. The quantitative estimate of drug-likeness (QED) is 0.581. The molecule has 0 unspecified atom stereocenters. The summed E-state index contributed by atoms with van der Waals surface area (Å²) in [5.41, 5.74) is 2.72. The third-order valence-electron chi connectivity index (χ3n) is 4.02. The van der Waals surface area contributed by atoms with Crippen molar-refractivity contribution >= 4 is 16.6 Å². The second-order valence-electron chi connectivity index (χ2n) is 5.81. The van der Waals surface area contributed by atoms with Gasteiger partial charge >= 0.3 is 0 Å².